The molecule has 3 aromatic rings. The number of nitrogens with zero attached hydrogens (tertiary/aromatic N) is 3. The highest BCUT2D eigenvalue weighted by Crippen LogP contribution is 2.35. The maximum absolute atomic E-state index is 13.4. The van der Waals surface area contributed by atoms with Crippen LogP contribution in [0.4, 0.5) is 5.69 Å². The lowest BCUT2D eigenvalue weighted by Crippen LogP contribution is -2.43. The highest BCUT2D eigenvalue weighted by molar-refractivity contribution is 7.89. The molecule has 0 unspecified atom stereocenters. The van der Waals surface area contributed by atoms with E-state index in [1.165, 1.54) is 15.6 Å². The molecule has 0 radical (unpaired) electrons. The molecule has 1 aromatic carbocycles. The van der Waals surface area contributed by atoms with E-state index < -0.39 is 15.9 Å². The summed E-state index contributed by atoms with van der Waals surface area (Å²) in [6, 6.07) is 7.47. The highest BCUT2D eigenvalue weighted by atomic mass is 32.2. The number of piperidine rings is 1. The fourth-order valence-electron chi connectivity index (χ4n) is 4.04. The molecule has 1 atom stereocenters. The first-order chi connectivity index (χ1) is 15.1. The fourth-order valence-corrected chi connectivity index (χ4v) is 7.05. The van der Waals surface area contributed by atoms with Gasteiger partial charge in [0.05, 0.1) is 15.7 Å². The standard InChI is InChI=1S/C22H26N4O4S2/c1-13-8-14(2)10-18(9-13)24-22(27)17-6-5-7-26(12-17)32(28,29)20-11-19(31-15(20)3)21-23-16(4)30-25-21/h8-11,17H,5-7,12H2,1-4H3,(H,24,27)/t17-/m0/s1. The smallest absolute Gasteiger partial charge is 0.244 e. The number of nitrogens with one attached hydrogen (secondary N) is 1. The second kappa shape index (κ2) is 8.76. The van der Waals surface area contributed by atoms with Gasteiger partial charge in [0, 0.05) is 30.6 Å². The Balaban J connectivity index is 1.52. The topological polar surface area (TPSA) is 105 Å². The van der Waals surface area contributed by atoms with Crippen LogP contribution in [0.5, 0.6) is 0 Å². The quantitative estimate of drug-likeness (QED) is 0.598. The number of hydrogen-bond acceptors (Lipinski definition) is 7. The number of thiophene rings is 1. The summed E-state index contributed by atoms with van der Waals surface area (Å²) in [5.41, 5.74) is 2.86. The lowest BCUT2D eigenvalue weighted by atomic mass is 9.98. The molecule has 1 aliphatic heterocycles. The monoisotopic (exact) mass is 474 g/mol. The van der Waals surface area contributed by atoms with Crippen LogP contribution in [-0.2, 0) is 14.8 Å². The Hall–Kier alpha value is -2.56. The van der Waals surface area contributed by atoms with Crippen LogP contribution in [0.2, 0.25) is 0 Å². The molecule has 0 spiro atoms. The van der Waals surface area contributed by atoms with E-state index in [9.17, 15) is 13.2 Å². The average Bonchev–Trinajstić information content (AvgIpc) is 3.33. The van der Waals surface area contributed by atoms with Crippen LogP contribution >= 0.6 is 11.3 Å². The number of hydrogen-bond donors (Lipinski definition) is 1. The van der Waals surface area contributed by atoms with Crippen molar-refractivity contribution in [1.29, 1.82) is 0 Å². The van der Waals surface area contributed by atoms with Crippen LogP contribution in [0.15, 0.2) is 33.7 Å². The van der Waals surface area contributed by atoms with Crippen molar-refractivity contribution in [2.45, 2.75) is 45.4 Å². The van der Waals surface area contributed by atoms with Crippen molar-refractivity contribution in [3.05, 3.63) is 46.2 Å². The van der Waals surface area contributed by atoms with Crippen LogP contribution in [0.25, 0.3) is 10.7 Å². The van der Waals surface area contributed by atoms with Gasteiger partial charge in [-0.3, -0.25) is 4.79 Å². The summed E-state index contributed by atoms with van der Waals surface area (Å²) in [6.45, 7) is 7.95. The Morgan fingerprint density at radius 3 is 2.53 bits per heavy atom. The number of aryl methyl sites for hydroxylation is 4. The number of carbonyl (C=O) groups is 1. The zero-order chi connectivity index (χ0) is 23.0. The molecule has 1 aliphatic rings. The third-order valence-electron chi connectivity index (χ3n) is 5.48. The molecule has 4 rings (SSSR count). The Morgan fingerprint density at radius 1 is 1.16 bits per heavy atom. The number of benzene rings is 1. The summed E-state index contributed by atoms with van der Waals surface area (Å²) in [5, 5.41) is 6.84. The van der Waals surface area contributed by atoms with Crippen molar-refractivity contribution < 1.29 is 17.7 Å². The molecule has 1 fully saturated rings. The van der Waals surface area contributed by atoms with Gasteiger partial charge in [0.2, 0.25) is 27.6 Å². The molecule has 2 aromatic heterocycles. The minimum absolute atomic E-state index is 0.153. The van der Waals surface area contributed by atoms with E-state index in [4.69, 9.17) is 4.52 Å². The first-order valence-corrected chi connectivity index (χ1v) is 12.7. The second-order valence-corrected chi connectivity index (χ2v) is 11.4. The predicted octanol–water partition coefficient (Wildman–Crippen LogP) is 4.07. The van der Waals surface area contributed by atoms with E-state index in [0.717, 1.165) is 16.8 Å². The van der Waals surface area contributed by atoms with Gasteiger partial charge in [0.25, 0.3) is 0 Å². The molecule has 1 saturated heterocycles. The second-order valence-electron chi connectivity index (χ2n) is 8.24. The highest BCUT2D eigenvalue weighted by Gasteiger charge is 2.35. The van der Waals surface area contributed by atoms with Crippen LogP contribution in [0.1, 0.15) is 34.7 Å². The summed E-state index contributed by atoms with van der Waals surface area (Å²) in [6.07, 6.45) is 1.28. The van der Waals surface area contributed by atoms with Gasteiger partial charge in [-0.25, -0.2) is 8.42 Å². The lowest BCUT2D eigenvalue weighted by Gasteiger charge is -2.31. The molecule has 170 valence electrons. The summed E-state index contributed by atoms with van der Waals surface area (Å²) in [4.78, 5) is 18.6. The molecule has 0 aliphatic carbocycles. The minimum Gasteiger partial charge on any atom is -0.339 e. The van der Waals surface area contributed by atoms with E-state index in [0.29, 0.717) is 40.9 Å². The molecule has 32 heavy (non-hydrogen) atoms. The molecule has 3 heterocycles. The van der Waals surface area contributed by atoms with Crippen molar-refractivity contribution in [1.82, 2.24) is 14.4 Å². The van der Waals surface area contributed by atoms with E-state index in [1.54, 1.807) is 19.9 Å². The Kier molecular flexibility index (Phi) is 6.19. The van der Waals surface area contributed by atoms with E-state index in [-0.39, 0.29) is 17.3 Å². The largest absolute Gasteiger partial charge is 0.339 e. The van der Waals surface area contributed by atoms with Crippen molar-refractivity contribution in [2.24, 2.45) is 5.92 Å². The predicted molar refractivity (Wildman–Crippen MR) is 123 cm³/mol. The van der Waals surface area contributed by atoms with Crippen molar-refractivity contribution in [3.63, 3.8) is 0 Å². The molecule has 1 amide bonds. The number of aromatic nitrogens is 2. The third kappa shape index (κ3) is 4.62. The molecule has 10 heteroatoms. The Labute approximate surface area is 191 Å². The summed E-state index contributed by atoms with van der Waals surface area (Å²) in [5.74, 6) is 0.239. The summed E-state index contributed by atoms with van der Waals surface area (Å²) < 4.78 is 33.3. The SMILES string of the molecule is Cc1cc(C)cc(NC(=O)[C@H]2CCCN(S(=O)(=O)c3cc(-c4noc(C)n4)sc3C)C2)c1. The number of anilines is 1. The lowest BCUT2D eigenvalue weighted by molar-refractivity contribution is -0.120. The van der Waals surface area contributed by atoms with Crippen molar-refractivity contribution in [2.75, 3.05) is 18.4 Å². The Morgan fingerprint density at radius 2 is 1.88 bits per heavy atom. The number of rotatable bonds is 5. The fraction of sp³-hybridized carbons (Fsp3) is 0.409. The van der Waals surface area contributed by atoms with E-state index >= 15 is 0 Å². The van der Waals surface area contributed by atoms with Crippen LogP contribution in [0, 0.1) is 33.6 Å². The maximum Gasteiger partial charge on any atom is 0.244 e. The number of sulfonamides is 1. The zero-order valence-electron chi connectivity index (χ0n) is 18.5. The maximum atomic E-state index is 13.4. The van der Waals surface area contributed by atoms with Gasteiger partial charge < -0.3 is 9.84 Å². The van der Waals surface area contributed by atoms with E-state index in [1.807, 2.05) is 32.0 Å². The first-order valence-electron chi connectivity index (χ1n) is 10.4. The number of carbonyl (C=O) groups excluding carboxylic acids is 1. The van der Waals surface area contributed by atoms with Gasteiger partial charge in [-0.15, -0.1) is 11.3 Å². The molecule has 0 saturated carbocycles. The van der Waals surface area contributed by atoms with Gasteiger partial charge in [0.15, 0.2) is 0 Å². The molecule has 8 nitrogen and oxygen atoms in total. The van der Waals surface area contributed by atoms with Crippen LogP contribution in [0.3, 0.4) is 0 Å². The van der Waals surface area contributed by atoms with Gasteiger partial charge in [-0.1, -0.05) is 11.2 Å². The van der Waals surface area contributed by atoms with Gasteiger partial charge in [0.1, 0.15) is 0 Å². The van der Waals surface area contributed by atoms with E-state index in [2.05, 4.69) is 15.5 Å². The molecular weight excluding hydrogens is 448 g/mol. The summed E-state index contributed by atoms with van der Waals surface area (Å²) >= 11 is 1.31. The average molecular weight is 475 g/mol. The van der Waals surface area contributed by atoms with Gasteiger partial charge in [-0.05, 0) is 62.9 Å². The van der Waals surface area contributed by atoms with Crippen molar-refractivity contribution in [3.8, 4) is 10.7 Å². The van der Waals surface area contributed by atoms with Crippen LogP contribution in [-0.4, -0.2) is 41.9 Å². The Bertz CT molecular complexity index is 1240. The normalized spacial score (nSPS) is 17.4. The van der Waals surface area contributed by atoms with Gasteiger partial charge >= 0.3 is 0 Å². The third-order valence-corrected chi connectivity index (χ3v) is 8.65. The van der Waals surface area contributed by atoms with Crippen molar-refractivity contribution >= 4 is 33.0 Å². The minimum atomic E-state index is -3.75. The van der Waals surface area contributed by atoms with Gasteiger partial charge in [-0.2, -0.15) is 9.29 Å². The first kappa shape index (κ1) is 22.6. The summed E-state index contributed by atoms with van der Waals surface area (Å²) in [7, 11) is -3.75. The molecule has 1 N–H and O–H groups in total. The number of amides is 1. The molecule has 0 bridgehead atoms. The molecular formula is C22H26N4O4S2. The van der Waals surface area contributed by atoms with Crippen LogP contribution < -0.4 is 5.32 Å². The zero-order valence-corrected chi connectivity index (χ0v) is 20.1.